The standard InChI is InChI=1S/C22H25FN2O2/c1-24-12-10-17(14-24)21(26)22(27)25-13-11-15-4-2-3-5-19(15)20(25)16-6-8-18(23)9-7-16/h2-9,17,20-21,26H,10-14H2,1H3/t17?,20-,21?/m0/s1. The number of rotatable bonds is 3. The second kappa shape index (κ2) is 7.41. The third kappa shape index (κ3) is 3.49. The molecule has 2 aromatic carbocycles. The second-order valence-electron chi connectivity index (χ2n) is 7.69. The van der Waals surface area contributed by atoms with Gasteiger partial charge in [0.15, 0.2) is 0 Å². The molecule has 1 amide bonds. The van der Waals surface area contributed by atoms with Crippen molar-refractivity contribution < 1.29 is 14.3 Å². The topological polar surface area (TPSA) is 43.8 Å². The van der Waals surface area contributed by atoms with Crippen molar-refractivity contribution in [3.05, 3.63) is 71.0 Å². The van der Waals surface area contributed by atoms with Crippen LogP contribution in [-0.2, 0) is 11.2 Å². The van der Waals surface area contributed by atoms with E-state index >= 15 is 0 Å². The van der Waals surface area contributed by atoms with Gasteiger partial charge in [0.2, 0.25) is 0 Å². The summed E-state index contributed by atoms with van der Waals surface area (Å²) in [6, 6.07) is 14.1. The number of carbonyl (C=O) groups excluding carboxylic acids is 1. The van der Waals surface area contributed by atoms with Crippen LogP contribution in [0.4, 0.5) is 4.39 Å². The molecule has 2 heterocycles. The molecule has 5 heteroatoms. The number of hydrogen-bond acceptors (Lipinski definition) is 3. The smallest absolute Gasteiger partial charge is 0.252 e. The first kappa shape index (κ1) is 18.1. The Morgan fingerprint density at radius 2 is 1.89 bits per heavy atom. The van der Waals surface area contributed by atoms with Crippen LogP contribution in [-0.4, -0.2) is 53.6 Å². The molecule has 27 heavy (non-hydrogen) atoms. The van der Waals surface area contributed by atoms with E-state index in [1.165, 1.54) is 17.7 Å². The van der Waals surface area contributed by atoms with Crippen LogP contribution in [0, 0.1) is 11.7 Å². The van der Waals surface area contributed by atoms with Crippen LogP contribution in [0.3, 0.4) is 0 Å². The van der Waals surface area contributed by atoms with E-state index in [1.807, 2.05) is 25.2 Å². The molecule has 0 aromatic heterocycles. The minimum atomic E-state index is -0.997. The Labute approximate surface area is 159 Å². The number of fused-ring (bicyclic) bond motifs is 1. The molecule has 0 bridgehead atoms. The summed E-state index contributed by atoms with van der Waals surface area (Å²) in [6.45, 7) is 2.19. The van der Waals surface area contributed by atoms with E-state index in [4.69, 9.17) is 0 Å². The zero-order valence-electron chi connectivity index (χ0n) is 15.5. The van der Waals surface area contributed by atoms with Gasteiger partial charge < -0.3 is 14.9 Å². The number of aliphatic hydroxyl groups excluding tert-OH is 1. The molecule has 0 spiro atoms. The van der Waals surface area contributed by atoms with Crippen LogP contribution in [0.2, 0.25) is 0 Å². The Morgan fingerprint density at radius 3 is 2.59 bits per heavy atom. The maximum Gasteiger partial charge on any atom is 0.252 e. The van der Waals surface area contributed by atoms with Crippen molar-refractivity contribution in [2.45, 2.75) is 25.0 Å². The average molecular weight is 368 g/mol. The molecule has 2 aliphatic rings. The number of carbonyl (C=O) groups is 1. The fourth-order valence-corrected chi connectivity index (χ4v) is 4.41. The lowest BCUT2D eigenvalue weighted by Gasteiger charge is -2.39. The van der Waals surface area contributed by atoms with Gasteiger partial charge in [-0.25, -0.2) is 4.39 Å². The Hall–Kier alpha value is -2.24. The predicted octanol–water partition coefficient (Wildman–Crippen LogP) is 2.61. The lowest BCUT2D eigenvalue weighted by Crippen LogP contribution is -2.48. The molecule has 0 saturated carbocycles. The molecule has 0 radical (unpaired) electrons. The summed E-state index contributed by atoms with van der Waals surface area (Å²) >= 11 is 0. The predicted molar refractivity (Wildman–Crippen MR) is 102 cm³/mol. The Kier molecular flexibility index (Phi) is 4.98. The highest BCUT2D eigenvalue weighted by molar-refractivity contribution is 5.82. The van der Waals surface area contributed by atoms with Gasteiger partial charge in [-0.3, -0.25) is 4.79 Å². The van der Waals surface area contributed by atoms with Crippen molar-refractivity contribution in [2.24, 2.45) is 5.92 Å². The van der Waals surface area contributed by atoms with Crippen molar-refractivity contribution in [3.8, 4) is 0 Å². The number of nitrogens with zero attached hydrogens (tertiary/aromatic N) is 2. The van der Waals surface area contributed by atoms with E-state index in [9.17, 15) is 14.3 Å². The Balaban J connectivity index is 1.68. The lowest BCUT2D eigenvalue weighted by molar-refractivity contribution is -0.145. The van der Waals surface area contributed by atoms with Gasteiger partial charge in [0, 0.05) is 19.0 Å². The molecule has 1 saturated heterocycles. The highest BCUT2D eigenvalue weighted by Gasteiger charge is 2.38. The molecular formula is C22H25FN2O2. The largest absolute Gasteiger partial charge is 0.383 e. The third-order valence-corrected chi connectivity index (χ3v) is 5.88. The average Bonchev–Trinajstić information content (AvgIpc) is 3.13. The number of hydrogen-bond donors (Lipinski definition) is 1. The van der Waals surface area contributed by atoms with E-state index in [0.29, 0.717) is 6.54 Å². The molecule has 1 fully saturated rings. The molecule has 2 unspecified atom stereocenters. The van der Waals surface area contributed by atoms with Crippen molar-refractivity contribution >= 4 is 5.91 Å². The van der Waals surface area contributed by atoms with E-state index in [-0.39, 0.29) is 23.7 Å². The van der Waals surface area contributed by atoms with Gasteiger partial charge >= 0.3 is 0 Å². The Bertz CT molecular complexity index is 823. The summed E-state index contributed by atoms with van der Waals surface area (Å²) in [5.74, 6) is -0.553. The van der Waals surface area contributed by atoms with Crippen molar-refractivity contribution in [3.63, 3.8) is 0 Å². The molecule has 0 aliphatic carbocycles. The van der Waals surface area contributed by atoms with Gasteiger partial charge in [0.05, 0.1) is 6.04 Å². The molecule has 3 atom stereocenters. The SMILES string of the molecule is CN1CCC(C(O)C(=O)N2CCc3ccccc3[C@@H]2c2ccc(F)cc2)C1. The summed E-state index contributed by atoms with van der Waals surface area (Å²) in [5, 5.41) is 10.8. The van der Waals surface area contributed by atoms with Gasteiger partial charge in [-0.15, -0.1) is 0 Å². The molecular weight excluding hydrogens is 343 g/mol. The number of likely N-dealkylation sites (tertiary alicyclic amines) is 1. The normalized spacial score (nSPS) is 23.9. The van der Waals surface area contributed by atoms with Gasteiger partial charge in [-0.1, -0.05) is 36.4 Å². The van der Waals surface area contributed by atoms with E-state index in [0.717, 1.165) is 37.1 Å². The van der Waals surface area contributed by atoms with Gasteiger partial charge in [-0.05, 0) is 55.3 Å². The summed E-state index contributed by atoms with van der Waals surface area (Å²) in [5.41, 5.74) is 3.12. The van der Waals surface area contributed by atoms with Gasteiger partial charge in [0.25, 0.3) is 5.91 Å². The van der Waals surface area contributed by atoms with E-state index in [2.05, 4.69) is 11.0 Å². The fourth-order valence-electron chi connectivity index (χ4n) is 4.41. The zero-order chi connectivity index (χ0) is 19.0. The molecule has 1 N–H and O–H groups in total. The summed E-state index contributed by atoms with van der Waals surface area (Å²) in [4.78, 5) is 17.2. The minimum absolute atomic E-state index is 0.0338. The van der Waals surface area contributed by atoms with E-state index < -0.39 is 6.10 Å². The summed E-state index contributed by atoms with van der Waals surface area (Å²) in [6.07, 6.45) is 0.592. The number of benzene rings is 2. The summed E-state index contributed by atoms with van der Waals surface area (Å²) in [7, 11) is 2.01. The highest BCUT2D eigenvalue weighted by atomic mass is 19.1. The van der Waals surface area contributed by atoms with Crippen molar-refractivity contribution in [1.29, 1.82) is 0 Å². The number of amides is 1. The Morgan fingerprint density at radius 1 is 1.15 bits per heavy atom. The molecule has 2 aliphatic heterocycles. The molecule has 142 valence electrons. The minimum Gasteiger partial charge on any atom is -0.383 e. The van der Waals surface area contributed by atoms with Crippen LogP contribution in [0.15, 0.2) is 48.5 Å². The number of halogens is 1. The van der Waals surface area contributed by atoms with Gasteiger partial charge in [-0.2, -0.15) is 0 Å². The summed E-state index contributed by atoms with van der Waals surface area (Å²) < 4.78 is 13.4. The van der Waals surface area contributed by atoms with E-state index in [1.54, 1.807) is 17.0 Å². The van der Waals surface area contributed by atoms with Crippen LogP contribution >= 0.6 is 0 Å². The van der Waals surface area contributed by atoms with Crippen LogP contribution < -0.4 is 0 Å². The first-order valence-electron chi connectivity index (χ1n) is 9.55. The lowest BCUT2D eigenvalue weighted by atomic mass is 9.87. The van der Waals surface area contributed by atoms with Crippen LogP contribution in [0.1, 0.15) is 29.2 Å². The van der Waals surface area contributed by atoms with Crippen LogP contribution in [0.5, 0.6) is 0 Å². The third-order valence-electron chi connectivity index (χ3n) is 5.88. The molecule has 4 nitrogen and oxygen atoms in total. The molecule has 4 rings (SSSR count). The number of aliphatic hydroxyl groups is 1. The monoisotopic (exact) mass is 368 g/mol. The first-order valence-corrected chi connectivity index (χ1v) is 9.55. The van der Waals surface area contributed by atoms with Crippen molar-refractivity contribution in [2.75, 3.05) is 26.7 Å². The zero-order valence-corrected chi connectivity index (χ0v) is 15.5. The maximum absolute atomic E-state index is 13.4. The fraction of sp³-hybridized carbons (Fsp3) is 0.409. The van der Waals surface area contributed by atoms with Crippen LogP contribution in [0.25, 0.3) is 0 Å². The van der Waals surface area contributed by atoms with Gasteiger partial charge in [0.1, 0.15) is 11.9 Å². The molecule has 2 aromatic rings. The maximum atomic E-state index is 13.4. The highest BCUT2D eigenvalue weighted by Crippen LogP contribution is 2.36. The first-order chi connectivity index (χ1) is 13.0. The second-order valence-corrected chi connectivity index (χ2v) is 7.69. The van der Waals surface area contributed by atoms with Crippen molar-refractivity contribution in [1.82, 2.24) is 9.80 Å². The quantitative estimate of drug-likeness (QED) is 0.906.